The molecule has 192 valence electrons. The standard InChI is InChI=1S/C29H29NO7/c1-18-28(37-21-8-6-20(32-2)7-9-21)27(31)22-10-12-24-23(29(22)36-18)16-30(17-35-24)14-13-19-5-11-25(33-3)26(15-19)34-4/h5-12,15H,13-14,16-17H2,1-4H3. The molecule has 3 aromatic carbocycles. The number of methoxy groups -OCH3 is 3. The lowest BCUT2D eigenvalue weighted by molar-refractivity contribution is 0.0967. The molecule has 0 bridgehead atoms. The second kappa shape index (κ2) is 10.4. The van der Waals surface area contributed by atoms with Gasteiger partial charge in [-0.25, -0.2) is 0 Å². The highest BCUT2D eigenvalue weighted by atomic mass is 16.5. The van der Waals surface area contributed by atoms with Crippen LogP contribution < -0.4 is 29.1 Å². The van der Waals surface area contributed by atoms with Crippen molar-refractivity contribution < 1.29 is 28.1 Å². The molecule has 0 N–H and O–H groups in total. The minimum atomic E-state index is -0.222. The Hall–Kier alpha value is -4.17. The fourth-order valence-corrected chi connectivity index (χ4v) is 4.45. The van der Waals surface area contributed by atoms with E-state index in [0.717, 1.165) is 29.8 Å². The van der Waals surface area contributed by atoms with E-state index in [1.165, 1.54) is 0 Å². The summed E-state index contributed by atoms with van der Waals surface area (Å²) in [6.45, 7) is 3.54. The van der Waals surface area contributed by atoms with Crippen LogP contribution in [0, 0.1) is 6.92 Å². The third kappa shape index (κ3) is 4.93. The summed E-state index contributed by atoms with van der Waals surface area (Å²) in [5.74, 6) is 3.94. The monoisotopic (exact) mass is 503 g/mol. The second-order valence-corrected chi connectivity index (χ2v) is 8.78. The quantitative estimate of drug-likeness (QED) is 0.320. The van der Waals surface area contributed by atoms with Crippen LogP contribution in [0.5, 0.6) is 34.5 Å². The Labute approximate surface area is 214 Å². The topological polar surface area (TPSA) is 79.6 Å². The normalized spacial score (nSPS) is 13.1. The van der Waals surface area contributed by atoms with Gasteiger partial charge in [0, 0.05) is 13.1 Å². The van der Waals surface area contributed by atoms with Crippen LogP contribution in [-0.4, -0.2) is 39.5 Å². The molecule has 0 aliphatic carbocycles. The second-order valence-electron chi connectivity index (χ2n) is 8.78. The number of aryl methyl sites for hydroxylation is 1. The molecule has 0 unspecified atom stereocenters. The number of nitrogens with zero attached hydrogens (tertiary/aromatic N) is 1. The zero-order valence-corrected chi connectivity index (χ0v) is 21.3. The Morgan fingerprint density at radius 1 is 0.892 bits per heavy atom. The summed E-state index contributed by atoms with van der Waals surface area (Å²) in [5, 5.41) is 0.457. The van der Waals surface area contributed by atoms with Crippen molar-refractivity contribution in [2.45, 2.75) is 19.9 Å². The van der Waals surface area contributed by atoms with E-state index in [-0.39, 0.29) is 11.2 Å². The maximum atomic E-state index is 13.4. The van der Waals surface area contributed by atoms with Gasteiger partial charge in [0.15, 0.2) is 11.5 Å². The molecule has 2 heterocycles. The van der Waals surface area contributed by atoms with Crippen molar-refractivity contribution in [3.05, 3.63) is 81.7 Å². The van der Waals surface area contributed by atoms with Crippen molar-refractivity contribution in [3.63, 3.8) is 0 Å². The molecular weight excluding hydrogens is 474 g/mol. The molecule has 1 aliphatic heterocycles. The third-order valence-electron chi connectivity index (χ3n) is 6.47. The number of ether oxygens (including phenoxy) is 5. The van der Waals surface area contributed by atoms with Crippen molar-refractivity contribution in [1.82, 2.24) is 4.90 Å². The van der Waals surface area contributed by atoms with Gasteiger partial charge in [0.25, 0.3) is 0 Å². The predicted molar refractivity (Wildman–Crippen MR) is 139 cm³/mol. The van der Waals surface area contributed by atoms with Crippen molar-refractivity contribution in [3.8, 4) is 34.5 Å². The van der Waals surface area contributed by atoms with Gasteiger partial charge in [0.1, 0.15) is 35.3 Å². The summed E-state index contributed by atoms with van der Waals surface area (Å²) in [7, 11) is 4.85. The molecule has 0 atom stereocenters. The number of hydrogen-bond acceptors (Lipinski definition) is 8. The molecule has 0 fully saturated rings. The number of hydrogen-bond donors (Lipinski definition) is 0. The Balaban J connectivity index is 1.38. The minimum absolute atomic E-state index is 0.166. The van der Waals surface area contributed by atoms with Gasteiger partial charge in [-0.1, -0.05) is 6.07 Å². The van der Waals surface area contributed by atoms with Crippen molar-refractivity contribution in [2.75, 3.05) is 34.6 Å². The van der Waals surface area contributed by atoms with Gasteiger partial charge in [0.05, 0.1) is 32.3 Å². The number of fused-ring (bicyclic) bond motifs is 3. The van der Waals surface area contributed by atoms with E-state index < -0.39 is 0 Å². The number of benzene rings is 3. The largest absolute Gasteiger partial charge is 0.497 e. The van der Waals surface area contributed by atoms with Crippen LogP contribution >= 0.6 is 0 Å². The van der Waals surface area contributed by atoms with E-state index in [4.69, 9.17) is 28.1 Å². The molecule has 4 aromatic rings. The Kier molecular flexibility index (Phi) is 6.92. The molecular formula is C29H29NO7. The van der Waals surface area contributed by atoms with Gasteiger partial charge in [-0.3, -0.25) is 9.69 Å². The summed E-state index contributed by atoms with van der Waals surface area (Å²) in [4.78, 5) is 15.6. The molecule has 0 radical (unpaired) electrons. The lowest BCUT2D eigenvalue weighted by Crippen LogP contribution is -2.33. The summed E-state index contributed by atoms with van der Waals surface area (Å²) in [6.07, 6.45) is 0.798. The average molecular weight is 504 g/mol. The lowest BCUT2D eigenvalue weighted by atomic mass is 10.1. The van der Waals surface area contributed by atoms with E-state index in [2.05, 4.69) is 4.90 Å². The molecule has 37 heavy (non-hydrogen) atoms. The molecule has 8 nitrogen and oxygen atoms in total. The molecule has 1 aliphatic rings. The highest BCUT2D eigenvalue weighted by Gasteiger charge is 2.24. The molecule has 0 amide bonds. The van der Waals surface area contributed by atoms with Crippen LogP contribution in [0.2, 0.25) is 0 Å². The summed E-state index contributed by atoms with van der Waals surface area (Å²) in [5.41, 5.74) is 2.29. The Morgan fingerprint density at radius 2 is 1.65 bits per heavy atom. The number of rotatable bonds is 8. The van der Waals surface area contributed by atoms with Crippen LogP contribution in [0.25, 0.3) is 11.0 Å². The molecule has 5 rings (SSSR count). The van der Waals surface area contributed by atoms with Gasteiger partial charge in [0.2, 0.25) is 11.2 Å². The van der Waals surface area contributed by atoms with Crippen molar-refractivity contribution in [2.24, 2.45) is 0 Å². The van der Waals surface area contributed by atoms with Crippen molar-refractivity contribution >= 4 is 11.0 Å². The third-order valence-corrected chi connectivity index (χ3v) is 6.47. The maximum Gasteiger partial charge on any atom is 0.235 e. The SMILES string of the molecule is COc1ccc(Oc2c(C)oc3c4c(ccc3c2=O)OCN(CCc2ccc(OC)c(OC)c2)C4)cc1. The summed E-state index contributed by atoms with van der Waals surface area (Å²) in [6, 6.07) is 16.5. The van der Waals surface area contributed by atoms with E-state index >= 15 is 0 Å². The first kappa shape index (κ1) is 24.5. The first-order valence-electron chi connectivity index (χ1n) is 12.0. The van der Waals surface area contributed by atoms with Crippen LogP contribution in [0.15, 0.2) is 63.8 Å². The van der Waals surface area contributed by atoms with Gasteiger partial charge >= 0.3 is 0 Å². The van der Waals surface area contributed by atoms with Crippen LogP contribution in [0.3, 0.4) is 0 Å². The average Bonchev–Trinajstić information content (AvgIpc) is 2.94. The fourth-order valence-electron chi connectivity index (χ4n) is 4.45. The zero-order chi connectivity index (χ0) is 25.9. The van der Waals surface area contributed by atoms with Crippen LogP contribution in [-0.2, 0) is 13.0 Å². The molecule has 0 saturated heterocycles. The molecule has 1 aromatic heterocycles. The molecule has 0 spiro atoms. The molecule has 8 heteroatoms. The molecule has 0 saturated carbocycles. The lowest BCUT2D eigenvalue weighted by Gasteiger charge is -2.29. The first-order chi connectivity index (χ1) is 18.0. The van der Waals surface area contributed by atoms with E-state index in [9.17, 15) is 4.79 Å². The van der Waals surface area contributed by atoms with Crippen LogP contribution in [0.4, 0.5) is 0 Å². The van der Waals surface area contributed by atoms with E-state index in [1.807, 2.05) is 24.3 Å². The maximum absolute atomic E-state index is 13.4. The van der Waals surface area contributed by atoms with Crippen LogP contribution in [0.1, 0.15) is 16.9 Å². The highest BCUT2D eigenvalue weighted by molar-refractivity contribution is 5.83. The van der Waals surface area contributed by atoms with E-state index in [1.54, 1.807) is 58.6 Å². The Morgan fingerprint density at radius 3 is 2.38 bits per heavy atom. The fraction of sp³-hybridized carbons (Fsp3) is 0.276. The minimum Gasteiger partial charge on any atom is -0.497 e. The van der Waals surface area contributed by atoms with Crippen molar-refractivity contribution in [1.29, 1.82) is 0 Å². The van der Waals surface area contributed by atoms with Gasteiger partial charge in [-0.05, 0) is 67.4 Å². The first-order valence-corrected chi connectivity index (χ1v) is 12.0. The smallest absolute Gasteiger partial charge is 0.235 e. The highest BCUT2D eigenvalue weighted by Crippen LogP contribution is 2.35. The Bertz CT molecular complexity index is 1480. The summed E-state index contributed by atoms with van der Waals surface area (Å²) >= 11 is 0. The van der Waals surface area contributed by atoms with Gasteiger partial charge < -0.3 is 28.1 Å². The summed E-state index contributed by atoms with van der Waals surface area (Å²) < 4.78 is 34.0. The zero-order valence-electron chi connectivity index (χ0n) is 21.3. The predicted octanol–water partition coefficient (Wildman–Crippen LogP) is 5.31. The van der Waals surface area contributed by atoms with E-state index in [0.29, 0.717) is 53.0 Å². The van der Waals surface area contributed by atoms with Gasteiger partial charge in [-0.2, -0.15) is 0 Å². The van der Waals surface area contributed by atoms with Gasteiger partial charge in [-0.15, -0.1) is 0 Å².